The van der Waals surface area contributed by atoms with Gasteiger partial charge in [-0.05, 0) is 20.8 Å². The van der Waals surface area contributed by atoms with Crippen molar-refractivity contribution in [2.24, 2.45) is 0 Å². The average Bonchev–Trinajstić information content (AvgIpc) is 2.03. The van der Waals surface area contributed by atoms with Gasteiger partial charge in [0.1, 0.15) is 6.04 Å². The number of aliphatic carboxylic acids is 1. The van der Waals surface area contributed by atoms with Crippen LogP contribution >= 0.6 is 0 Å². The van der Waals surface area contributed by atoms with Crippen molar-refractivity contribution in [1.82, 2.24) is 10.2 Å². The summed E-state index contributed by atoms with van der Waals surface area (Å²) in [4.78, 5) is 12.9. The molecular weight excluding hydrogens is 168 g/mol. The monoisotopic (exact) mass is 186 g/mol. The maximum atomic E-state index is 10.7. The predicted octanol–water partition coefficient (Wildman–Crippen LogP) is 0.143. The lowest BCUT2D eigenvalue weighted by atomic mass is 10.0. The lowest BCUT2D eigenvalue weighted by Gasteiger charge is -2.40. The Morgan fingerprint density at radius 1 is 1.54 bits per heavy atom. The molecule has 2 N–H and O–H groups in total. The normalized spacial score (nSPS) is 25.9. The number of carboxylic acids is 1. The zero-order valence-electron chi connectivity index (χ0n) is 8.50. The molecule has 1 aliphatic rings. The molecule has 0 aliphatic carbocycles. The standard InChI is InChI=1S/C9H18N2O2/c1-9(2,3)11-5-4-10-7(6-11)8(12)13/h7,10H,4-6H2,1-3H3,(H,12,13). The van der Waals surface area contributed by atoms with E-state index >= 15 is 0 Å². The van der Waals surface area contributed by atoms with Crippen LogP contribution in [0.5, 0.6) is 0 Å². The van der Waals surface area contributed by atoms with Crippen molar-refractivity contribution in [2.45, 2.75) is 32.4 Å². The van der Waals surface area contributed by atoms with E-state index in [9.17, 15) is 4.79 Å². The highest BCUT2D eigenvalue weighted by Crippen LogP contribution is 2.15. The van der Waals surface area contributed by atoms with E-state index in [2.05, 4.69) is 31.0 Å². The Morgan fingerprint density at radius 2 is 2.15 bits per heavy atom. The summed E-state index contributed by atoms with van der Waals surface area (Å²) in [6.45, 7) is 8.60. The molecule has 1 unspecified atom stereocenters. The van der Waals surface area contributed by atoms with Crippen LogP contribution in [0.1, 0.15) is 20.8 Å². The van der Waals surface area contributed by atoms with Gasteiger partial charge in [-0.1, -0.05) is 0 Å². The molecular formula is C9H18N2O2. The van der Waals surface area contributed by atoms with E-state index in [4.69, 9.17) is 5.11 Å². The number of carbonyl (C=O) groups is 1. The van der Waals surface area contributed by atoms with E-state index in [1.807, 2.05) is 0 Å². The molecule has 0 radical (unpaired) electrons. The van der Waals surface area contributed by atoms with Crippen LogP contribution in [0.4, 0.5) is 0 Å². The van der Waals surface area contributed by atoms with Crippen LogP contribution in [0.25, 0.3) is 0 Å². The summed E-state index contributed by atoms with van der Waals surface area (Å²) < 4.78 is 0. The first-order chi connectivity index (χ1) is 5.91. The van der Waals surface area contributed by atoms with Gasteiger partial charge in [0.25, 0.3) is 0 Å². The highest BCUT2D eigenvalue weighted by molar-refractivity contribution is 5.73. The van der Waals surface area contributed by atoms with E-state index in [1.165, 1.54) is 0 Å². The van der Waals surface area contributed by atoms with Crippen LogP contribution in [-0.2, 0) is 4.79 Å². The molecule has 0 bridgehead atoms. The molecule has 4 nitrogen and oxygen atoms in total. The quantitative estimate of drug-likeness (QED) is 0.612. The summed E-state index contributed by atoms with van der Waals surface area (Å²) in [6, 6.07) is -0.409. The average molecular weight is 186 g/mol. The van der Waals surface area contributed by atoms with Crippen LogP contribution in [0.3, 0.4) is 0 Å². The van der Waals surface area contributed by atoms with Crippen molar-refractivity contribution in [3.05, 3.63) is 0 Å². The number of nitrogens with one attached hydrogen (secondary N) is 1. The summed E-state index contributed by atoms with van der Waals surface area (Å²) in [6.07, 6.45) is 0. The first-order valence-electron chi connectivity index (χ1n) is 4.62. The summed E-state index contributed by atoms with van der Waals surface area (Å²) in [7, 11) is 0. The third-order valence-corrected chi connectivity index (χ3v) is 2.42. The molecule has 1 aliphatic heterocycles. The van der Waals surface area contributed by atoms with E-state index in [0.717, 1.165) is 13.1 Å². The van der Waals surface area contributed by atoms with Gasteiger partial charge in [-0.2, -0.15) is 0 Å². The minimum atomic E-state index is -0.756. The van der Waals surface area contributed by atoms with Gasteiger partial charge in [0.05, 0.1) is 0 Å². The van der Waals surface area contributed by atoms with Gasteiger partial charge in [-0.25, -0.2) is 0 Å². The van der Waals surface area contributed by atoms with Gasteiger partial charge in [-0.15, -0.1) is 0 Å². The van der Waals surface area contributed by atoms with Crippen molar-refractivity contribution in [2.75, 3.05) is 19.6 Å². The molecule has 0 aromatic carbocycles. The van der Waals surface area contributed by atoms with Gasteiger partial charge in [0.2, 0.25) is 0 Å². The van der Waals surface area contributed by atoms with E-state index in [0.29, 0.717) is 6.54 Å². The van der Waals surface area contributed by atoms with Crippen LogP contribution in [-0.4, -0.2) is 47.2 Å². The van der Waals surface area contributed by atoms with Crippen LogP contribution in [0.15, 0.2) is 0 Å². The molecule has 0 saturated carbocycles. The van der Waals surface area contributed by atoms with E-state index in [1.54, 1.807) is 0 Å². The highest BCUT2D eigenvalue weighted by Gasteiger charge is 2.30. The van der Waals surface area contributed by atoms with Crippen LogP contribution < -0.4 is 5.32 Å². The van der Waals surface area contributed by atoms with Gasteiger partial charge < -0.3 is 10.4 Å². The Bertz CT molecular complexity index is 198. The molecule has 0 aromatic rings. The first-order valence-corrected chi connectivity index (χ1v) is 4.62. The molecule has 76 valence electrons. The SMILES string of the molecule is CC(C)(C)N1CCNC(C(=O)O)C1. The highest BCUT2D eigenvalue weighted by atomic mass is 16.4. The molecule has 1 rings (SSSR count). The van der Waals surface area contributed by atoms with Gasteiger partial charge in [0.15, 0.2) is 0 Å². The fourth-order valence-electron chi connectivity index (χ4n) is 1.52. The van der Waals surface area contributed by atoms with Crippen molar-refractivity contribution >= 4 is 5.97 Å². The molecule has 1 atom stereocenters. The molecule has 0 aromatic heterocycles. The lowest BCUT2D eigenvalue weighted by Crippen LogP contribution is -2.59. The zero-order chi connectivity index (χ0) is 10.1. The smallest absolute Gasteiger partial charge is 0.322 e. The number of rotatable bonds is 1. The minimum absolute atomic E-state index is 0.0653. The molecule has 4 heteroatoms. The Balaban J connectivity index is 2.57. The van der Waals surface area contributed by atoms with Crippen LogP contribution in [0, 0.1) is 0 Å². The predicted molar refractivity (Wildman–Crippen MR) is 50.8 cm³/mol. The zero-order valence-corrected chi connectivity index (χ0v) is 8.50. The second-order valence-electron chi connectivity index (χ2n) is 4.46. The Kier molecular flexibility index (Phi) is 2.93. The number of carboxylic acid groups (broad SMARTS) is 1. The minimum Gasteiger partial charge on any atom is -0.480 e. The first kappa shape index (κ1) is 10.5. The van der Waals surface area contributed by atoms with Crippen molar-refractivity contribution < 1.29 is 9.90 Å². The number of nitrogens with zero attached hydrogens (tertiary/aromatic N) is 1. The third kappa shape index (κ3) is 2.67. The second-order valence-corrected chi connectivity index (χ2v) is 4.46. The summed E-state index contributed by atoms with van der Waals surface area (Å²) >= 11 is 0. The molecule has 1 heterocycles. The number of hydrogen-bond acceptors (Lipinski definition) is 3. The summed E-state index contributed by atoms with van der Waals surface area (Å²) in [5.41, 5.74) is 0.0653. The van der Waals surface area contributed by atoms with Gasteiger partial charge >= 0.3 is 5.97 Å². The number of piperazine rings is 1. The maximum Gasteiger partial charge on any atom is 0.322 e. The Labute approximate surface area is 78.9 Å². The molecule has 1 saturated heterocycles. The van der Waals surface area contributed by atoms with Crippen molar-refractivity contribution in [3.8, 4) is 0 Å². The lowest BCUT2D eigenvalue weighted by molar-refractivity contribution is -0.141. The maximum absolute atomic E-state index is 10.7. The largest absolute Gasteiger partial charge is 0.480 e. The van der Waals surface area contributed by atoms with E-state index in [-0.39, 0.29) is 5.54 Å². The van der Waals surface area contributed by atoms with Crippen molar-refractivity contribution in [3.63, 3.8) is 0 Å². The van der Waals surface area contributed by atoms with Gasteiger partial charge in [0, 0.05) is 25.2 Å². The van der Waals surface area contributed by atoms with Crippen LogP contribution in [0.2, 0.25) is 0 Å². The summed E-state index contributed by atoms with van der Waals surface area (Å²) in [5, 5.41) is 11.8. The Morgan fingerprint density at radius 3 is 2.62 bits per heavy atom. The molecule has 13 heavy (non-hydrogen) atoms. The molecule has 0 amide bonds. The molecule has 0 spiro atoms. The molecule has 1 fully saturated rings. The van der Waals surface area contributed by atoms with Crippen molar-refractivity contribution in [1.29, 1.82) is 0 Å². The second kappa shape index (κ2) is 3.64. The fourth-order valence-corrected chi connectivity index (χ4v) is 1.52. The summed E-state index contributed by atoms with van der Waals surface area (Å²) in [5.74, 6) is -0.756. The van der Waals surface area contributed by atoms with Gasteiger partial charge in [-0.3, -0.25) is 9.69 Å². The Hall–Kier alpha value is -0.610. The van der Waals surface area contributed by atoms with E-state index < -0.39 is 12.0 Å². The fraction of sp³-hybridized carbons (Fsp3) is 0.889. The topological polar surface area (TPSA) is 52.6 Å². The third-order valence-electron chi connectivity index (χ3n) is 2.42. The number of hydrogen-bond donors (Lipinski definition) is 2.